The summed E-state index contributed by atoms with van der Waals surface area (Å²) < 4.78 is 51.0. The van der Waals surface area contributed by atoms with Crippen LogP contribution in [0, 0.1) is 116 Å². The number of rotatable bonds is 4. The standard InChI is InChI=1S/C16H18O.6CO.2Cr/c1-13(15-9-5-3-6-10-15)17-14(2)16-11-7-4-8-12-16;6*1-2;;/h3-14H,1-2H3;;;;;;;;/t13-,14-;;;;;;;;/m1......../s1. The molecule has 2 atom stereocenters. The van der Waals surface area contributed by atoms with Crippen LogP contribution >= 0.6 is 0 Å². The molecule has 0 aromatic rings. The van der Waals surface area contributed by atoms with E-state index in [4.69, 9.17) is 32.6 Å². The van der Waals surface area contributed by atoms with E-state index >= 15 is 0 Å². The largest absolute Gasteiger partial charge is 0 e. The maximum Gasteiger partial charge on any atom is 0 e. The molecule has 9 heteroatoms. The third-order valence-corrected chi connectivity index (χ3v) is 2.95. The van der Waals surface area contributed by atoms with Crippen LogP contribution in [-0.4, -0.2) is 12.2 Å². The third kappa shape index (κ3) is 29.5. The van der Waals surface area contributed by atoms with Crippen LogP contribution in [0.1, 0.15) is 13.8 Å². The van der Waals surface area contributed by atoms with Crippen molar-refractivity contribution in [2.45, 2.75) is 26.1 Å². The van der Waals surface area contributed by atoms with Gasteiger partial charge in [0.25, 0.3) is 0 Å². The first-order valence-corrected chi connectivity index (χ1v) is 7.25. The zero-order valence-electron chi connectivity index (χ0n) is 16.6. The normalized spacial score (nSPS) is 15.7. The van der Waals surface area contributed by atoms with Gasteiger partial charge in [-0.25, -0.2) is 0 Å². The Bertz CT molecular complexity index is 364. The SMILES string of the molecule is C[C@@H](O[C@H](C)[C]1[CH][CH][CH][CH][CH]1)[C]1[CH][CH][CH][CH][CH]1.[C-]#[O+].[C-]#[O+].[C-]#[O+].[C-]#[O+].[C-]#[O+].[C-]#[O+].[Cr].[Cr]. The summed E-state index contributed by atoms with van der Waals surface area (Å²) in [6.45, 7) is 31.2. The van der Waals surface area contributed by atoms with Crippen LogP contribution in [0.15, 0.2) is 0 Å². The van der Waals surface area contributed by atoms with E-state index in [1.165, 1.54) is 11.8 Å². The van der Waals surface area contributed by atoms with Crippen molar-refractivity contribution in [2.24, 2.45) is 0 Å². The van der Waals surface area contributed by atoms with Gasteiger partial charge in [0.1, 0.15) is 0 Å². The van der Waals surface area contributed by atoms with Crippen molar-refractivity contribution in [1.29, 1.82) is 0 Å². The zero-order valence-corrected chi connectivity index (χ0v) is 19.2. The minimum atomic E-state index is 0. The average Bonchev–Trinajstić information content (AvgIpc) is 2.87. The van der Waals surface area contributed by atoms with Gasteiger partial charge in [-0.3, -0.25) is 0 Å². The molecule has 0 aliphatic heterocycles. The van der Waals surface area contributed by atoms with Gasteiger partial charge in [-0.05, 0) is 78.1 Å². The van der Waals surface area contributed by atoms with Gasteiger partial charge >= 0.3 is 67.8 Å². The smallest absolute Gasteiger partial charge is 0 e. The number of hydrogen-bond donors (Lipinski definition) is 0. The summed E-state index contributed by atoms with van der Waals surface area (Å²) in [5.74, 6) is 2.44. The van der Waals surface area contributed by atoms with E-state index in [9.17, 15) is 0 Å². The fraction of sp³-hybridized carbons (Fsp3) is 0.182. The Morgan fingerprint density at radius 1 is 0.484 bits per heavy atom. The van der Waals surface area contributed by atoms with Crippen molar-refractivity contribution in [3.05, 3.63) is 116 Å². The molecule has 2 rings (SSSR count). The van der Waals surface area contributed by atoms with Gasteiger partial charge in [0.15, 0.2) is 0 Å². The molecule has 2 aliphatic carbocycles. The summed E-state index contributed by atoms with van der Waals surface area (Å²) in [6.07, 6.45) is 20.9. The molecule has 0 spiro atoms. The van der Waals surface area contributed by atoms with E-state index in [0.717, 1.165) is 0 Å². The fourth-order valence-electron chi connectivity index (χ4n) is 1.91. The average molecular weight is 498 g/mol. The van der Waals surface area contributed by atoms with Gasteiger partial charge in [-0.15, -0.1) is 0 Å². The Morgan fingerprint density at radius 3 is 0.871 bits per heavy atom. The van der Waals surface area contributed by atoms with Gasteiger partial charge in [-0.1, -0.05) is 0 Å². The van der Waals surface area contributed by atoms with E-state index in [2.05, 4.69) is 79.4 Å². The Morgan fingerprint density at radius 2 is 0.677 bits per heavy atom. The maximum atomic E-state index is 7.50. The Balaban J connectivity index is -0.0000000716. The predicted molar refractivity (Wildman–Crippen MR) is 93.1 cm³/mol. The molecule has 2 saturated carbocycles. The van der Waals surface area contributed by atoms with Crippen LogP contribution in [0.2, 0.25) is 0 Å². The molecule has 0 aromatic heterocycles. The number of ether oxygens (including phenoxy) is 1. The van der Waals surface area contributed by atoms with Gasteiger partial charge in [-0.2, -0.15) is 0 Å². The minimum Gasteiger partial charge on any atom is 0 e. The minimum absolute atomic E-state index is 0. The fourth-order valence-corrected chi connectivity index (χ4v) is 1.91. The van der Waals surface area contributed by atoms with E-state index in [1.54, 1.807) is 0 Å². The molecule has 2 fully saturated rings. The molecule has 2 aliphatic rings. The predicted octanol–water partition coefficient (Wildman–Crippen LogP) is 2.77. The summed E-state index contributed by atoms with van der Waals surface area (Å²) in [5.41, 5.74) is 0. The first kappa shape index (κ1) is 48.0. The Hall–Kier alpha value is -0.535. The first-order valence-electron chi connectivity index (χ1n) is 7.25. The molecule has 12 radical (unpaired) electrons. The molecule has 160 valence electrons. The van der Waals surface area contributed by atoms with Crippen molar-refractivity contribution < 1.29 is 67.4 Å². The second-order valence-corrected chi connectivity index (χ2v) is 4.24. The molecule has 0 bridgehead atoms. The Labute approximate surface area is 209 Å². The summed E-state index contributed by atoms with van der Waals surface area (Å²) in [6, 6.07) is 0. The zero-order chi connectivity index (χ0) is 24.1. The van der Waals surface area contributed by atoms with E-state index in [-0.39, 0.29) is 46.9 Å². The molecule has 0 aromatic carbocycles. The first-order chi connectivity index (χ1) is 14.3. The molecule has 0 saturated heterocycles. The summed E-state index contributed by atoms with van der Waals surface area (Å²) in [5, 5.41) is 0. The second kappa shape index (κ2) is 47.3. The van der Waals surface area contributed by atoms with Crippen LogP contribution in [0.3, 0.4) is 0 Å². The van der Waals surface area contributed by atoms with Crippen LogP contribution < -0.4 is 0 Å². The second-order valence-electron chi connectivity index (χ2n) is 4.24. The van der Waals surface area contributed by atoms with E-state index < -0.39 is 0 Å². The van der Waals surface area contributed by atoms with Crippen molar-refractivity contribution in [3.8, 4) is 0 Å². The van der Waals surface area contributed by atoms with Crippen molar-refractivity contribution >= 4 is 0 Å². The van der Waals surface area contributed by atoms with Crippen LogP contribution in [0.4, 0.5) is 0 Å². The molecule has 0 unspecified atom stereocenters. The monoisotopic (exact) mass is 498 g/mol. The molecule has 0 amide bonds. The Kier molecular flexibility index (Phi) is 73.3. The number of hydrogen-bond acceptors (Lipinski definition) is 1. The van der Waals surface area contributed by atoms with Crippen molar-refractivity contribution in [2.75, 3.05) is 0 Å². The van der Waals surface area contributed by atoms with Crippen LogP contribution in [-0.2, 0) is 67.4 Å². The van der Waals surface area contributed by atoms with Crippen molar-refractivity contribution in [1.82, 2.24) is 0 Å². The molecule has 0 N–H and O–H groups in total. The maximum absolute atomic E-state index is 7.50. The molecular weight excluding hydrogens is 480 g/mol. The third-order valence-electron chi connectivity index (χ3n) is 2.95. The molecular formula is C22H18Cr2O7. The quantitative estimate of drug-likeness (QED) is 0.429. The topological polar surface area (TPSA) is 129 Å². The van der Waals surface area contributed by atoms with Crippen LogP contribution in [0.5, 0.6) is 0 Å². The molecule has 7 nitrogen and oxygen atoms in total. The van der Waals surface area contributed by atoms with Gasteiger partial charge in [0.05, 0.1) is 12.2 Å². The summed E-state index contributed by atoms with van der Waals surface area (Å²) >= 11 is 0. The summed E-state index contributed by atoms with van der Waals surface area (Å²) in [4.78, 5) is 0. The molecule has 31 heavy (non-hydrogen) atoms. The van der Waals surface area contributed by atoms with Gasteiger partial charge in [0.2, 0.25) is 0 Å². The van der Waals surface area contributed by atoms with Crippen LogP contribution in [0.25, 0.3) is 0 Å². The van der Waals surface area contributed by atoms with E-state index in [1.807, 2.05) is 38.5 Å². The van der Waals surface area contributed by atoms with E-state index in [0.29, 0.717) is 0 Å². The molecule has 0 heterocycles. The van der Waals surface area contributed by atoms with Gasteiger partial charge in [0, 0.05) is 46.6 Å². The van der Waals surface area contributed by atoms with Gasteiger partial charge < -0.3 is 4.74 Å². The van der Waals surface area contributed by atoms with Crippen molar-refractivity contribution in [3.63, 3.8) is 0 Å². The summed E-state index contributed by atoms with van der Waals surface area (Å²) in [7, 11) is 0.